The van der Waals surface area contributed by atoms with E-state index in [-0.39, 0.29) is 11.5 Å². The zero-order valence-electron chi connectivity index (χ0n) is 12.2. The third kappa shape index (κ3) is 2.70. The van der Waals surface area contributed by atoms with E-state index in [1.165, 1.54) is 32.1 Å². The van der Waals surface area contributed by atoms with E-state index in [0.29, 0.717) is 18.4 Å². The summed E-state index contributed by atoms with van der Waals surface area (Å²) in [7, 11) is 0. The number of aliphatic hydroxyl groups excluding tert-OH is 2. The number of rotatable bonds is 3. The Kier molecular flexibility index (Phi) is 3.89. The van der Waals surface area contributed by atoms with Crippen LogP contribution in [0, 0.1) is 23.2 Å². The lowest BCUT2D eigenvalue weighted by Crippen LogP contribution is -2.43. The van der Waals surface area contributed by atoms with Crippen LogP contribution in [-0.2, 0) is 0 Å². The van der Waals surface area contributed by atoms with Crippen LogP contribution in [-0.4, -0.2) is 47.5 Å². The van der Waals surface area contributed by atoms with E-state index in [4.69, 9.17) is 0 Å². The highest BCUT2D eigenvalue weighted by atomic mass is 16.3. The number of likely N-dealkylation sites (tertiary alicyclic amines) is 1. The molecule has 5 atom stereocenters. The lowest BCUT2D eigenvalue weighted by molar-refractivity contribution is 0.0256. The molecule has 0 spiro atoms. The maximum Gasteiger partial charge on any atom is 0.0583 e. The molecule has 3 aliphatic rings. The Labute approximate surface area is 117 Å². The van der Waals surface area contributed by atoms with Gasteiger partial charge in [-0.3, -0.25) is 0 Å². The summed E-state index contributed by atoms with van der Waals surface area (Å²) in [5.74, 6) is 1.98. The van der Waals surface area contributed by atoms with Crippen molar-refractivity contribution in [2.24, 2.45) is 23.2 Å². The first kappa shape index (κ1) is 13.8. The Hall–Kier alpha value is -0.120. The maximum absolute atomic E-state index is 10.0. The summed E-state index contributed by atoms with van der Waals surface area (Å²) in [6.45, 7) is 5.92. The predicted molar refractivity (Wildman–Crippen MR) is 75.8 cm³/mol. The molecule has 110 valence electrons. The molecule has 0 aromatic carbocycles. The van der Waals surface area contributed by atoms with Gasteiger partial charge in [0.05, 0.1) is 6.10 Å². The Bertz CT molecular complexity index is 322. The minimum atomic E-state index is -0.0645. The van der Waals surface area contributed by atoms with Crippen LogP contribution in [0.4, 0.5) is 0 Å². The van der Waals surface area contributed by atoms with Gasteiger partial charge < -0.3 is 15.1 Å². The summed E-state index contributed by atoms with van der Waals surface area (Å²) in [4.78, 5) is 2.53. The third-order valence-corrected chi connectivity index (χ3v) is 5.97. The molecule has 0 aromatic rings. The normalized spacial score (nSPS) is 47.5. The van der Waals surface area contributed by atoms with Crippen molar-refractivity contribution in [3.8, 4) is 0 Å². The molecule has 3 nitrogen and oxygen atoms in total. The van der Waals surface area contributed by atoms with E-state index >= 15 is 0 Å². The molecular weight excluding hydrogens is 238 g/mol. The first-order valence-corrected chi connectivity index (χ1v) is 8.13. The van der Waals surface area contributed by atoms with Gasteiger partial charge in [-0.2, -0.15) is 0 Å². The number of fused-ring (bicyclic) bond motifs is 1. The highest BCUT2D eigenvalue weighted by Gasteiger charge is 2.44. The molecule has 3 rings (SSSR count). The van der Waals surface area contributed by atoms with Gasteiger partial charge >= 0.3 is 0 Å². The second-order valence-corrected chi connectivity index (χ2v) is 7.62. The average Bonchev–Trinajstić information content (AvgIpc) is 2.92. The van der Waals surface area contributed by atoms with Gasteiger partial charge in [0.15, 0.2) is 0 Å². The second kappa shape index (κ2) is 5.34. The molecule has 1 heterocycles. The Morgan fingerprint density at radius 2 is 2.05 bits per heavy atom. The van der Waals surface area contributed by atoms with Crippen molar-refractivity contribution in [1.29, 1.82) is 0 Å². The van der Waals surface area contributed by atoms with Gasteiger partial charge in [-0.05, 0) is 37.5 Å². The fourth-order valence-electron chi connectivity index (χ4n) is 5.04. The fraction of sp³-hybridized carbons (Fsp3) is 1.00. The molecular formula is C16H29NO2. The van der Waals surface area contributed by atoms with Gasteiger partial charge in [0.2, 0.25) is 0 Å². The van der Waals surface area contributed by atoms with Crippen LogP contribution in [0.15, 0.2) is 0 Å². The first-order chi connectivity index (χ1) is 9.12. The topological polar surface area (TPSA) is 43.7 Å². The van der Waals surface area contributed by atoms with Crippen LogP contribution in [0.3, 0.4) is 0 Å². The summed E-state index contributed by atoms with van der Waals surface area (Å²) >= 11 is 0. The predicted octanol–water partition coefficient (Wildman–Crippen LogP) is 1.88. The first-order valence-electron chi connectivity index (χ1n) is 8.13. The molecule has 0 bridgehead atoms. The van der Waals surface area contributed by atoms with E-state index in [2.05, 4.69) is 11.8 Å². The monoisotopic (exact) mass is 267 g/mol. The summed E-state index contributed by atoms with van der Waals surface area (Å²) in [5, 5.41) is 19.9. The number of hydrogen-bond donors (Lipinski definition) is 2. The summed E-state index contributed by atoms with van der Waals surface area (Å²) < 4.78 is 0. The van der Waals surface area contributed by atoms with Crippen LogP contribution in [0.1, 0.15) is 45.4 Å². The van der Waals surface area contributed by atoms with Crippen LogP contribution in [0.2, 0.25) is 0 Å². The van der Waals surface area contributed by atoms with E-state index in [1.54, 1.807) is 0 Å². The summed E-state index contributed by atoms with van der Waals surface area (Å²) in [5.41, 5.74) is 0.140. The Morgan fingerprint density at radius 1 is 1.21 bits per heavy atom. The minimum Gasteiger partial charge on any atom is -0.396 e. The highest BCUT2D eigenvalue weighted by Crippen LogP contribution is 2.43. The van der Waals surface area contributed by atoms with Crippen molar-refractivity contribution in [2.75, 3.05) is 26.2 Å². The zero-order chi connectivity index (χ0) is 13.5. The number of nitrogens with zero attached hydrogens (tertiary/aromatic N) is 1. The van der Waals surface area contributed by atoms with Gasteiger partial charge in [0, 0.05) is 37.6 Å². The molecule has 3 heteroatoms. The molecule has 1 aliphatic heterocycles. The van der Waals surface area contributed by atoms with Gasteiger partial charge in [0.1, 0.15) is 0 Å². The van der Waals surface area contributed by atoms with Crippen molar-refractivity contribution in [1.82, 2.24) is 4.90 Å². The van der Waals surface area contributed by atoms with Crippen molar-refractivity contribution >= 4 is 0 Å². The van der Waals surface area contributed by atoms with Gasteiger partial charge in [0.25, 0.3) is 0 Å². The standard InChI is InChI=1S/C16H29NO2/c1-12-3-2-6-16(7-12,11-18)10-17-8-13-4-5-15(19)14(13)9-17/h12-15,18-19H,2-11H2,1H3. The van der Waals surface area contributed by atoms with Crippen LogP contribution in [0.5, 0.6) is 0 Å². The van der Waals surface area contributed by atoms with Crippen LogP contribution >= 0.6 is 0 Å². The summed E-state index contributed by atoms with van der Waals surface area (Å²) in [6.07, 6.45) is 7.10. The van der Waals surface area contributed by atoms with Crippen molar-refractivity contribution in [3.05, 3.63) is 0 Å². The molecule has 2 aliphatic carbocycles. The molecule has 2 saturated carbocycles. The zero-order valence-corrected chi connectivity index (χ0v) is 12.2. The van der Waals surface area contributed by atoms with Gasteiger partial charge in [-0.15, -0.1) is 0 Å². The fourth-order valence-corrected chi connectivity index (χ4v) is 5.04. The summed E-state index contributed by atoms with van der Waals surface area (Å²) in [6, 6.07) is 0. The molecule has 0 radical (unpaired) electrons. The molecule has 19 heavy (non-hydrogen) atoms. The highest BCUT2D eigenvalue weighted by molar-refractivity contribution is 4.96. The molecule has 3 fully saturated rings. The van der Waals surface area contributed by atoms with Gasteiger partial charge in [-0.1, -0.05) is 19.8 Å². The average molecular weight is 267 g/mol. The number of hydrogen-bond acceptors (Lipinski definition) is 3. The van der Waals surface area contributed by atoms with E-state index in [0.717, 1.165) is 32.0 Å². The lowest BCUT2D eigenvalue weighted by Gasteiger charge is -2.41. The Morgan fingerprint density at radius 3 is 2.74 bits per heavy atom. The van der Waals surface area contributed by atoms with Crippen LogP contribution < -0.4 is 0 Å². The third-order valence-electron chi connectivity index (χ3n) is 5.97. The maximum atomic E-state index is 10.0. The Balaban J connectivity index is 1.61. The molecule has 5 unspecified atom stereocenters. The minimum absolute atomic E-state index is 0.0645. The van der Waals surface area contributed by atoms with E-state index in [9.17, 15) is 10.2 Å². The number of aliphatic hydroxyl groups is 2. The van der Waals surface area contributed by atoms with Crippen LogP contribution in [0.25, 0.3) is 0 Å². The van der Waals surface area contributed by atoms with E-state index in [1.807, 2.05) is 0 Å². The lowest BCUT2D eigenvalue weighted by atomic mass is 9.70. The molecule has 2 N–H and O–H groups in total. The van der Waals surface area contributed by atoms with Crippen molar-refractivity contribution < 1.29 is 10.2 Å². The molecule has 0 amide bonds. The quantitative estimate of drug-likeness (QED) is 0.820. The SMILES string of the molecule is CC1CCCC(CO)(CN2CC3CCC(O)C3C2)C1. The van der Waals surface area contributed by atoms with Crippen molar-refractivity contribution in [2.45, 2.75) is 51.6 Å². The van der Waals surface area contributed by atoms with Crippen molar-refractivity contribution in [3.63, 3.8) is 0 Å². The molecule has 0 aromatic heterocycles. The smallest absolute Gasteiger partial charge is 0.0583 e. The van der Waals surface area contributed by atoms with Gasteiger partial charge in [-0.25, -0.2) is 0 Å². The second-order valence-electron chi connectivity index (χ2n) is 7.62. The molecule has 1 saturated heterocycles. The van der Waals surface area contributed by atoms with E-state index < -0.39 is 0 Å². The largest absolute Gasteiger partial charge is 0.396 e.